The van der Waals surface area contributed by atoms with Gasteiger partial charge in [-0.2, -0.15) is 0 Å². The average molecular weight is 243 g/mol. The van der Waals surface area contributed by atoms with Crippen LogP contribution in [0.3, 0.4) is 0 Å². The van der Waals surface area contributed by atoms with E-state index in [2.05, 4.69) is 39.9 Å². The molecule has 0 rings (SSSR count). The van der Waals surface area contributed by atoms with Crippen LogP contribution in [0.2, 0.25) is 0 Å². The maximum absolute atomic E-state index is 5.71. The number of hydrogen-bond donors (Lipinski definition) is 1. The van der Waals surface area contributed by atoms with E-state index in [1.54, 1.807) is 0 Å². The average Bonchev–Trinajstić information content (AvgIpc) is 2.33. The van der Waals surface area contributed by atoms with Crippen molar-refractivity contribution < 1.29 is 4.74 Å². The molecule has 0 amide bonds. The van der Waals surface area contributed by atoms with Gasteiger partial charge in [0.05, 0.1) is 0 Å². The molecule has 2 nitrogen and oxygen atoms in total. The van der Waals surface area contributed by atoms with Crippen LogP contribution >= 0.6 is 0 Å². The zero-order valence-electron chi connectivity index (χ0n) is 12.6. The molecule has 104 valence electrons. The van der Waals surface area contributed by atoms with Gasteiger partial charge in [0.25, 0.3) is 0 Å². The largest absolute Gasteiger partial charge is 0.381 e. The standard InChI is InChI=1S/C15H33NO/c1-6-9-11-17-12-10-15(7-2,8-3)13-16-14(4)5/h14,16H,6-13H2,1-5H3. The second-order valence-corrected chi connectivity index (χ2v) is 5.46. The van der Waals surface area contributed by atoms with Crippen molar-refractivity contribution in [2.45, 2.75) is 72.8 Å². The highest BCUT2D eigenvalue weighted by atomic mass is 16.5. The summed E-state index contributed by atoms with van der Waals surface area (Å²) in [5.41, 5.74) is 0.427. The molecule has 0 unspecified atom stereocenters. The van der Waals surface area contributed by atoms with E-state index in [0.717, 1.165) is 19.8 Å². The minimum absolute atomic E-state index is 0.427. The van der Waals surface area contributed by atoms with Gasteiger partial charge in [-0.1, -0.05) is 41.0 Å². The molecule has 0 aliphatic rings. The lowest BCUT2D eigenvalue weighted by atomic mass is 9.79. The Morgan fingerprint density at radius 1 is 1.06 bits per heavy atom. The molecule has 0 bridgehead atoms. The van der Waals surface area contributed by atoms with Gasteiger partial charge >= 0.3 is 0 Å². The van der Waals surface area contributed by atoms with E-state index in [1.165, 1.54) is 32.1 Å². The molecule has 0 aliphatic carbocycles. The molecular weight excluding hydrogens is 210 g/mol. The molecule has 0 aliphatic heterocycles. The fourth-order valence-corrected chi connectivity index (χ4v) is 2.00. The first kappa shape index (κ1) is 16.9. The first-order chi connectivity index (χ1) is 8.10. The predicted molar refractivity (Wildman–Crippen MR) is 76.5 cm³/mol. The second-order valence-electron chi connectivity index (χ2n) is 5.46. The van der Waals surface area contributed by atoms with E-state index in [-0.39, 0.29) is 0 Å². The predicted octanol–water partition coefficient (Wildman–Crippen LogP) is 4.00. The third kappa shape index (κ3) is 7.77. The summed E-state index contributed by atoms with van der Waals surface area (Å²) in [5.74, 6) is 0. The molecule has 0 saturated heterocycles. The van der Waals surface area contributed by atoms with Crippen LogP contribution in [0, 0.1) is 5.41 Å². The SMILES string of the molecule is CCCCOCCC(CC)(CC)CNC(C)C. The lowest BCUT2D eigenvalue weighted by Gasteiger charge is -2.33. The van der Waals surface area contributed by atoms with E-state index in [4.69, 9.17) is 4.74 Å². The Hall–Kier alpha value is -0.0800. The van der Waals surface area contributed by atoms with Crippen molar-refractivity contribution >= 4 is 0 Å². The minimum Gasteiger partial charge on any atom is -0.381 e. The summed E-state index contributed by atoms with van der Waals surface area (Å²) in [6, 6.07) is 0.577. The van der Waals surface area contributed by atoms with E-state index in [9.17, 15) is 0 Å². The van der Waals surface area contributed by atoms with Gasteiger partial charge in [-0.05, 0) is 31.1 Å². The molecule has 0 fully saturated rings. The lowest BCUT2D eigenvalue weighted by molar-refractivity contribution is 0.0853. The summed E-state index contributed by atoms with van der Waals surface area (Å²) in [6.45, 7) is 14.2. The minimum atomic E-state index is 0.427. The zero-order chi connectivity index (χ0) is 13.1. The quantitative estimate of drug-likeness (QED) is 0.554. The van der Waals surface area contributed by atoms with Crippen molar-refractivity contribution in [3.63, 3.8) is 0 Å². The van der Waals surface area contributed by atoms with Gasteiger partial charge in [0.15, 0.2) is 0 Å². The number of hydrogen-bond acceptors (Lipinski definition) is 2. The fraction of sp³-hybridized carbons (Fsp3) is 1.00. The van der Waals surface area contributed by atoms with E-state index >= 15 is 0 Å². The number of unbranched alkanes of at least 4 members (excludes halogenated alkanes) is 1. The van der Waals surface area contributed by atoms with Gasteiger partial charge in [0.2, 0.25) is 0 Å². The van der Waals surface area contributed by atoms with Crippen molar-refractivity contribution in [2.75, 3.05) is 19.8 Å². The van der Waals surface area contributed by atoms with Gasteiger partial charge in [0, 0.05) is 25.8 Å². The van der Waals surface area contributed by atoms with Crippen molar-refractivity contribution in [3.05, 3.63) is 0 Å². The smallest absolute Gasteiger partial charge is 0.0471 e. The molecule has 0 aromatic heterocycles. The summed E-state index contributed by atoms with van der Waals surface area (Å²) >= 11 is 0. The summed E-state index contributed by atoms with van der Waals surface area (Å²) in [4.78, 5) is 0. The van der Waals surface area contributed by atoms with Crippen molar-refractivity contribution in [1.82, 2.24) is 5.32 Å². The summed E-state index contributed by atoms with van der Waals surface area (Å²) in [7, 11) is 0. The zero-order valence-corrected chi connectivity index (χ0v) is 12.6. The molecule has 2 heteroatoms. The Bertz CT molecular complexity index is 164. The Labute approximate surface area is 109 Å². The van der Waals surface area contributed by atoms with Crippen molar-refractivity contribution in [3.8, 4) is 0 Å². The molecule has 0 radical (unpaired) electrons. The summed E-state index contributed by atoms with van der Waals surface area (Å²) in [5, 5.41) is 3.58. The van der Waals surface area contributed by atoms with E-state index < -0.39 is 0 Å². The first-order valence-corrected chi connectivity index (χ1v) is 7.41. The van der Waals surface area contributed by atoms with Gasteiger partial charge in [0.1, 0.15) is 0 Å². The van der Waals surface area contributed by atoms with Crippen LogP contribution in [0.15, 0.2) is 0 Å². The number of ether oxygens (including phenoxy) is 1. The highest BCUT2D eigenvalue weighted by Gasteiger charge is 2.25. The van der Waals surface area contributed by atoms with Gasteiger partial charge in [-0.15, -0.1) is 0 Å². The molecule has 0 saturated carbocycles. The molecule has 0 aromatic carbocycles. The molecule has 0 atom stereocenters. The maximum Gasteiger partial charge on any atom is 0.0471 e. The molecule has 0 aromatic rings. The third-order valence-corrected chi connectivity index (χ3v) is 3.80. The van der Waals surface area contributed by atoms with Crippen LogP contribution in [0.1, 0.15) is 66.7 Å². The molecule has 1 N–H and O–H groups in total. The monoisotopic (exact) mass is 243 g/mol. The van der Waals surface area contributed by atoms with Crippen LogP contribution in [-0.4, -0.2) is 25.8 Å². The van der Waals surface area contributed by atoms with Gasteiger partial charge in [-0.25, -0.2) is 0 Å². The molecule has 0 spiro atoms. The van der Waals surface area contributed by atoms with Gasteiger partial charge < -0.3 is 10.1 Å². The highest BCUT2D eigenvalue weighted by molar-refractivity contribution is 4.79. The van der Waals surface area contributed by atoms with Crippen LogP contribution in [-0.2, 0) is 4.74 Å². The van der Waals surface area contributed by atoms with Crippen molar-refractivity contribution in [1.29, 1.82) is 0 Å². The third-order valence-electron chi connectivity index (χ3n) is 3.80. The molecule has 17 heavy (non-hydrogen) atoms. The fourth-order valence-electron chi connectivity index (χ4n) is 2.00. The van der Waals surface area contributed by atoms with E-state index in [0.29, 0.717) is 11.5 Å². The van der Waals surface area contributed by atoms with Crippen LogP contribution in [0.5, 0.6) is 0 Å². The van der Waals surface area contributed by atoms with Crippen molar-refractivity contribution in [2.24, 2.45) is 5.41 Å². The Balaban J connectivity index is 3.93. The van der Waals surface area contributed by atoms with Gasteiger partial charge in [-0.3, -0.25) is 0 Å². The lowest BCUT2D eigenvalue weighted by Crippen LogP contribution is -2.37. The summed E-state index contributed by atoms with van der Waals surface area (Å²) in [6.07, 6.45) is 6.07. The topological polar surface area (TPSA) is 21.3 Å². The Morgan fingerprint density at radius 2 is 1.71 bits per heavy atom. The van der Waals surface area contributed by atoms with Crippen LogP contribution < -0.4 is 5.32 Å². The first-order valence-electron chi connectivity index (χ1n) is 7.41. The normalized spacial score (nSPS) is 12.4. The van der Waals surface area contributed by atoms with E-state index in [1.807, 2.05) is 0 Å². The second kappa shape index (κ2) is 9.90. The van der Waals surface area contributed by atoms with Crippen LogP contribution in [0.4, 0.5) is 0 Å². The van der Waals surface area contributed by atoms with Crippen LogP contribution in [0.25, 0.3) is 0 Å². The Morgan fingerprint density at radius 3 is 2.18 bits per heavy atom. The number of nitrogens with one attached hydrogen (secondary N) is 1. The highest BCUT2D eigenvalue weighted by Crippen LogP contribution is 2.29. The molecule has 0 heterocycles. The molecular formula is C15H33NO. The Kier molecular flexibility index (Phi) is 9.85. The number of rotatable bonds is 11. The maximum atomic E-state index is 5.71. The summed E-state index contributed by atoms with van der Waals surface area (Å²) < 4.78 is 5.71.